The molecular formula is C17H14Cl2FN3O. The molecule has 1 saturated heterocycles. The van der Waals surface area contributed by atoms with Gasteiger partial charge < -0.3 is 10.2 Å². The standard InChI is InChI=1S/C17H14Cl2FN3O/c18-12-3-1-10(8-13(12)19)22-17(24)23-11-2-4-14(23)15-9(7-11)5-6-21-16(15)20/h1,3,5-6,8,11,14H,2,4,7H2,(H,22,24)/t11-,14+/m1/s1. The van der Waals surface area contributed by atoms with E-state index in [2.05, 4.69) is 10.3 Å². The Hall–Kier alpha value is -1.85. The fraction of sp³-hybridized carbons (Fsp3) is 0.294. The number of fused-ring (bicyclic) bond motifs is 4. The van der Waals surface area contributed by atoms with Crippen LogP contribution in [0.25, 0.3) is 0 Å². The number of hydrogen-bond donors (Lipinski definition) is 1. The van der Waals surface area contributed by atoms with Gasteiger partial charge in [0.25, 0.3) is 0 Å². The number of nitrogens with one attached hydrogen (secondary N) is 1. The quantitative estimate of drug-likeness (QED) is 0.736. The summed E-state index contributed by atoms with van der Waals surface area (Å²) in [7, 11) is 0. The molecule has 124 valence electrons. The Balaban J connectivity index is 1.62. The monoisotopic (exact) mass is 365 g/mol. The molecule has 3 heterocycles. The normalized spacial score (nSPS) is 21.5. The zero-order valence-corrected chi connectivity index (χ0v) is 14.1. The molecule has 2 aromatic rings. The van der Waals surface area contributed by atoms with Crippen molar-refractivity contribution in [2.75, 3.05) is 5.32 Å². The summed E-state index contributed by atoms with van der Waals surface area (Å²) in [6.45, 7) is 0. The molecule has 1 aromatic heterocycles. The molecule has 4 rings (SSSR count). The van der Waals surface area contributed by atoms with E-state index in [4.69, 9.17) is 23.2 Å². The topological polar surface area (TPSA) is 45.2 Å². The third kappa shape index (κ3) is 2.52. The Morgan fingerprint density at radius 2 is 2.08 bits per heavy atom. The second-order valence-corrected chi connectivity index (χ2v) is 6.91. The van der Waals surface area contributed by atoms with Gasteiger partial charge in [-0.15, -0.1) is 0 Å². The zero-order chi connectivity index (χ0) is 16.8. The molecule has 2 bridgehead atoms. The van der Waals surface area contributed by atoms with Gasteiger partial charge in [-0.2, -0.15) is 4.39 Å². The first-order valence-electron chi connectivity index (χ1n) is 7.72. The lowest BCUT2D eigenvalue weighted by atomic mass is 9.95. The number of pyridine rings is 1. The van der Waals surface area contributed by atoms with Crippen molar-refractivity contribution in [3.63, 3.8) is 0 Å². The van der Waals surface area contributed by atoms with Crippen LogP contribution < -0.4 is 5.32 Å². The van der Waals surface area contributed by atoms with Crippen molar-refractivity contribution >= 4 is 34.9 Å². The number of aromatic nitrogens is 1. The number of carbonyl (C=O) groups excluding carboxylic acids is 1. The number of amides is 2. The molecule has 24 heavy (non-hydrogen) atoms. The lowest BCUT2D eigenvalue weighted by molar-refractivity contribution is 0.177. The van der Waals surface area contributed by atoms with Crippen molar-refractivity contribution in [3.05, 3.63) is 57.6 Å². The van der Waals surface area contributed by atoms with Crippen LogP contribution in [0.15, 0.2) is 30.5 Å². The summed E-state index contributed by atoms with van der Waals surface area (Å²) in [5.41, 5.74) is 2.07. The predicted octanol–water partition coefficient (Wildman–Crippen LogP) is 4.82. The molecule has 0 saturated carbocycles. The summed E-state index contributed by atoms with van der Waals surface area (Å²) in [6.07, 6.45) is 3.74. The van der Waals surface area contributed by atoms with Crippen LogP contribution in [0.1, 0.15) is 30.0 Å². The van der Waals surface area contributed by atoms with Crippen molar-refractivity contribution in [2.24, 2.45) is 0 Å². The first-order valence-corrected chi connectivity index (χ1v) is 8.48. The Kier molecular flexibility index (Phi) is 3.85. The van der Waals surface area contributed by atoms with Gasteiger partial charge in [-0.1, -0.05) is 23.2 Å². The molecule has 0 spiro atoms. The van der Waals surface area contributed by atoms with Gasteiger partial charge in [0.1, 0.15) is 0 Å². The number of nitrogens with zero attached hydrogens (tertiary/aromatic N) is 2. The van der Waals surface area contributed by atoms with E-state index in [0.717, 1.165) is 18.4 Å². The maximum atomic E-state index is 14.2. The summed E-state index contributed by atoms with van der Waals surface area (Å²) in [5, 5.41) is 3.63. The Bertz CT molecular complexity index is 829. The smallest absolute Gasteiger partial charge is 0.314 e. The van der Waals surface area contributed by atoms with Gasteiger partial charge in [0, 0.05) is 23.5 Å². The number of benzene rings is 1. The third-order valence-electron chi connectivity index (χ3n) is 4.73. The minimum atomic E-state index is -0.481. The first kappa shape index (κ1) is 15.7. The molecule has 2 aliphatic rings. The van der Waals surface area contributed by atoms with E-state index < -0.39 is 5.95 Å². The fourth-order valence-corrected chi connectivity index (χ4v) is 4.00. The summed E-state index contributed by atoms with van der Waals surface area (Å²) in [5.74, 6) is -0.481. The average molecular weight is 366 g/mol. The highest BCUT2D eigenvalue weighted by Crippen LogP contribution is 2.44. The van der Waals surface area contributed by atoms with E-state index in [0.29, 0.717) is 27.7 Å². The van der Waals surface area contributed by atoms with Gasteiger partial charge in [-0.25, -0.2) is 9.78 Å². The van der Waals surface area contributed by atoms with Crippen LogP contribution in [0.5, 0.6) is 0 Å². The number of anilines is 1. The molecular weight excluding hydrogens is 352 g/mol. The van der Waals surface area contributed by atoms with Crippen molar-refractivity contribution in [1.29, 1.82) is 0 Å². The van der Waals surface area contributed by atoms with Crippen LogP contribution in [-0.4, -0.2) is 22.0 Å². The van der Waals surface area contributed by atoms with Crippen molar-refractivity contribution < 1.29 is 9.18 Å². The second kappa shape index (κ2) is 5.90. The van der Waals surface area contributed by atoms with Crippen molar-refractivity contribution in [2.45, 2.75) is 31.3 Å². The van der Waals surface area contributed by atoms with Crippen molar-refractivity contribution in [3.8, 4) is 0 Å². The molecule has 1 N–H and O–H groups in total. The summed E-state index contributed by atoms with van der Waals surface area (Å²) in [6, 6.07) is 6.32. The summed E-state index contributed by atoms with van der Waals surface area (Å²) in [4.78, 5) is 18.2. The van der Waals surface area contributed by atoms with Crippen LogP contribution in [0, 0.1) is 5.95 Å². The molecule has 2 aliphatic heterocycles. The Morgan fingerprint density at radius 3 is 2.88 bits per heavy atom. The molecule has 7 heteroatoms. The van der Waals surface area contributed by atoms with Crippen molar-refractivity contribution in [1.82, 2.24) is 9.88 Å². The third-order valence-corrected chi connectivity index (χ3v) is 5.47. The highest BCUT2D eigenvalue weighted by atomic mass is 35.5. The van der Waals surface area contributed by atoms with E-state index in [1.54, 1.807) is 23.1 Å². The van der Waals surface area contributed by atoms with E-state index in [-0.39, 0.29) is 18.1 Å². The Morgan fingerprint density at radius 1 is 1.25 bits per heavy atom. The lowest BCUT2D eigenvalue weighted by Crippen LogP contribution is -2.44. The number of rotatable bonds is 1. The van der Waals surface area contributed by atoms with Crippen LogP contribution in [0.4, 0.5) is 14.9 Å². The van der Waals surface area contributed by atoms with Gasteiger partial charge in [-0.3, -0.25) is 0 Å². The number of hydrogen-bond acceptors (Lipinski definition) is 2. The zero-order valence-electron chi connectivity index (χ0n) is 12.6. The van der Waals surface area contributed by atoms with E-state index in [1.165, 1.54) is 6.20 Å². The van der Waals surface area contributed by atoms with Gasteiger partial charge in [0.05, 0.1) is 16.1 Å². The summed E-state index contributed by atoms with van der Waals surface area (Å²) >= 11 is 11.9. The molecule has 0 aliphatic carbocycles. The maximum Gasteiger partial charge on any atom is 0.322 e. The van der Waals surface area contributed by atoms with Crippen LogP contribution in [-0.2, 0) is 6.42 Å². The average Bonchev–Trinajstić information content (AvgIpc) is 2.85. The van der Waals surface area contributed by atoms with Gasteiger partial charge in [-0.05, 0) is 49.1 Å². The predicted molar refractivity (Wildman–Crippen MR) is 91.0 cm³/mol. The first-order chi connectivity index (χ1) is 11.5. The highest BCUT2D eigenvalue weighted by molar-refractivity contribution is 6.42. The molecule has 0 unspecified atom stereocenters. The molecule has 2 amide bonds. The van der Waals surface area contributed by atoms with E-state index >= 15 is 0 Å². The SMILES string of the molecule is O=C(Nc1ccc(Cl)c(Cl)c1)N1[C@@H]2CC[C@H]1c1c(ccnc1F)C2. The highest BCUT2D eigenvalue weighted by Gasteiger charge is 2.44. The van der Waals surface area contributed by atoms with Crippen LogP contribution >= 0.6 is 23.2 Å². The summed E-state index contributed by atoms with van der Waals surface area (Å²) < 4.78 is 14.2. The van der Waals surface area contributed by atoms with Gasteiger partial charge >= 0.3 is 6.03 Å². The lowest BCUT2D eigenvalue weighted by Gasteiger charge is -2.36. The number of urea groups is 1. The molecule has 2 atom stereocenters. The largest absolute Gasteiger partial charge is 0.322 e. The molecule has 4 nitrogen and oxygen atoms in total. The number of halogens is 3. The minimum absolute atomic E-state index is 0.0760. The molecule has 1 fully saturated rings. The molecule has 1 aromatic carbocycles. The van der Waals surface area contributed by atoms with Gasteiger partial charge in [0.2, 0.25) is 5.95 Å². The fourth-order valence-electron chi connectivity index (χ4n) is 3.70. The van der Waals surface area contributed by atoms with Gasteiger partial charge in [0.15, 0.2) is 0 Å². The minimum Gasteiger partial charge on any atom is -0.314 e. The number of carbonyl (C=O) groups is 1. The molecule has 0 radical (unpaired) electrons. The van der Waals surface area contributed by atoms with E-state index in [1.807, 2.05) is 6.07 Å². The Labute approximate surface area is 148 Å². The van der Waals surface area contributed by atoms with Crippen LogP contribution in [0.3, 0.4) is 0 Å². The maximum absolute atomic E-state index is 14.2. The second-order valence-electron chi connectivity index (χ2n) is 6.09. The van der Waals surface area contributed by atoms with Crippen LogP contribution in [0.2, 0.25) is 10.0 Å². The van der Waals surface area contributed by atoms with E-state index in [9.17, 15) is 9.18 Å².